The molecule has 1 atom stereocenters. The first kappa shape index (κ1) is 15.7. The highest BCUT2D eigenvalue weighted by molar-refractivity contribution is 5.90. The van der Waals surface area contributed by atoms with E-state index in [2.05, 4.69) is 5.32 Å². The molecule has 0 aliphatic rings. The fourth-order valence-electron chi connectivity index (χ4n) is 1.58. The van der Waals surface area contributed by atoms with Crippen LogP contribution in [0, 0.1) is 0 Å². The summed E-state index contributed by atoms with van der Waals surface area (Å²) < 4.78 is 5.54. The highest BCUT2D eigenvalue weighted by atomic mass is 16.5. The van der Waals surface area contributed by atoms with E-state index >= 15 is 0 Å². The lowest BCUT2D eigenvalue weighted by atomic mass is 10.1. The number of benzene rings is 1. The molecule has 0 radical (unpaired) electrons. The van der Waals surface area contributed by atoms with Crippen LogP contribution in [0.2, 0.25) is 0 Å². The van der Waals surface area contributed by atoms with Gasteiger partial charge in [0.25, 0.3) is 0 Å². The number of rotatable bonds is 7. The molecule has 0 fully saturated rings. The number of carbonyl (C=O) groups is 1. The summed E-state index contributed by atoms with van der Waals surface area (Å²) in [4.78, 5) is 11.7. The topological polar surface area (TPSA) is 64.4 Å². The number of anilines is 1. The summed E-state index contributed by atoms with van der Waals surface area (Å²) in [5.41, 5.74) is 7.49. The van der Waals surface area contributed by atoms with Gasteiger partial charge in [-0.25, -0.2) is 0 Å². The maximum absolute atomic E-state index is 11.7. The van der Waals surface area contributed by atoms with Crippen LogP contribution in [0.3, 0.4) is 0 Å². The largest absolute Gasteiger partial charge is 0.374 e. The second-order valence-corrected chi connectivity index (χ2v) is 5.12. The average Bonchev–Trinajstić information content (AvgIpc) is 2.34. The van der Waals surface area contributed by atoms with Crippen molar-refractivity contribution in [2.75, 3.05) is 5.32 Å². The molecule has 1 aromatic carbocycles. The Kier molecular flexibility index (Phi) is 6.53. The van der Waals surface area contributed by atoms with Crippen LogP contribution in [-0.4, -0.2) is 18.1 Å². The van der Waals surface area contributed by atoms with E-state index in [0.29, 0.717) is 19.4 Å². The summed E-state index contributed by atoms with van der Waals surface area (Å²) >= 11 is 0. The minimum absolute atomic E-state index is 0.000715. The number of amides is 1. The molecule has 0 spiro atoms. The number of nitrogens with two attached hydrogens (primary N) is 1. The fourth-order valence-corrected chi connectivity index (χ4v) is 1.58. The van der Waals surface area contributed by atoms with Crippen molar-refractivity contribution in [1.29, 1.82) is 0 Å². The molecule has 1 amide bonds. The first-order valence-electron chi connectivity index (χ1n) is 6.73. The third-order valence-corrected chi connectivity index (χ3v) is 2.62. The molecule has 1 rings (SSSR count). The quantitative estimate of drug-likeness (QED) is 0.795. The predicted molar refractivity (Wildman–Crippen MR) is 77.9 cm³/mol. The number of hydrogen-bond donors (Lipinski definition) is 2. The maximum Gasteiger partial charge on any atom is 0.224 e. The predicted octanol–water partition coefficient (Wildman–Crippen LogP) is 2.68. The lowest BCUT2D eigenvalue weighted by Crippen LogP contribution is -2.19. The molecule has 3 N–H and O–H groups in total. The summed E-state index contributed by atoms with van der Waals surface area (Å²) in [6, 6.07) is 7.77. The van der Waals surface area contributed by atoms with Gasteiger partial charge in [0.15, 0.2) is 0 Å². The Balaban J connectivity index is 2.49. The van der Waals surface area contributed by atoms with Crippen molar-refractivity contribution in [3.05, 3.63) is 29.8 Å². The first-order chi connectivity index (χ1) is 8.97. The van der Waals surface area contributed by atoms with Gasteiger partial charge in [-0.3, -0.25) is 4.79 Å². The lowest BCUT2D eigenvalue weighted by molar-refractivity contribution is -0.116. The van der Waals surface area contributed by atoms with Crippen LogP contribution in [0.15, 0.2) is 24.3 Å². The van der Waals surface area contributed by atoms with E-state index in [-0.39, 0.29) is 18.1 Å². The molecule has 0 bridgehead atoms. The molecule has 1 unspecified atom stereocenters. The monoisotopic (exact) mass is 264 g/mol. The normalized spacial score (nSPS) is 12.5. The highest BCUT2D eigenvalue weighted by Gasteiger charge is 2.05. The Labute approximate surface area is 115 Å². The highest BCUT2D eigenvalue weighted by Crippen LogP contribution is 2.13. The standard InChI is InChI=1S/C15H24N2O2/c1-11(2)19-10-13-5-4-6-14(9-13)17-15(18)8-7-12(3)16/h4-6,9,11-12H,7-8,10,16H2,1-3H3,(H,17,18). The van der Waals surface area contributed by atoms with E-state index in [4.69, 9.17) is 10.5 Å². The van der Waals surface area contributed by atoms with Gasteiger partial charge in [-0.05, 0) is 44.9 Å². The van der Waals surface area contributed by atoms with Crippen molar-refractivity contribution in [2.24, 2.45) is 5.73 Å². The zero-order chi connectivity index (χ0) is 14.3. The molecular formula is C15H24N2O2. The van der Waals surface area contributed by atoms with E-state index in [9.17, 15) is 4.79 Å². The number of ether oxygens (including phenoxy) is 1. The lowest BCUT2D eigenvalue weighted by Gasteiger charge is -2.10. The summed E-state index contributed by atoms with van der Waals surface area (Å²) in [6.45, 7) is 6.46. The van der Waals surface area contributed by atoms with Gasteiger partial charge in [-0.1, -0.05) is 12.1 Å². The molecule has 4 nitrogen and oxygen atoms in total. The van der Waals surface area contributed by atoms with E-state index in [1.54, 1.807) is 0 Å². The van der Waals surface area contributed by atoms with Crippen molar-refractivity contribution in [1.82, 2.24) is 0 Å². The van der Waals surface area contributed by atoms with Crippen LogP contribution in [0.25, 0.3) is 0 Å². The van der Waals surface area contributed by atoms with E-state index in [0.717, 1.165) is 11.3 Å². The summed E-state index contributed by atoms with van der Waals surface area (Å²) in [5, 5.41) is 2.88. The zero-order valence-corrected chi connectivity index (χ0v) is 12.0. The van der Waals surface area contributed by atoms with Crippen LogP contribution in [0.5, 0.6) is 0 Å². The molecule has 19 heavy (non-hydrogen) atoms. The average molecular weight is 264 g/mol. The van der Waals surface area contributed by atoms with Crippen LogP contribution in [-0.2, 0) is 16.1 Å². The molecule has 0 heterocycles. The SMILES string of the molecule is CC(N)CCC(=O)Nc1cccc(COC(C)C)c1. The fraction of sp³-hybridized carbons (Fsp3) is 0.533. The molecule has 0 aliphatic heterocycles. The third kappa shape index (κ3) is 6.94. The molecule has 4 heteroatoms. The second-order valence-electron chi connectivity index (χ2n) is 5.12. The van der Waals surface area contributed by atoms with Crippen LogP contribution >= 0.6 is 0 Å². The van der Waals surface area contributed by atoms with Gasteiger partial charge in [0.05, 0.1) is 12.7 Å². The molecule has 106 valence electrons. The van der Waals surface area contributed by atoms with Crippen LogP contribution < -0.4 is 11.1 Å². The number of hydrogen-bond acceptors (Lipinski definition) is 3. The maximum atomic E-state index is 11.7. The van der Waals surface area contributed by atoms with E-state index in [1.165, 1.54) is 0 Å². The van der Waals surface area contributed by atoms with Gasteiger partial charge in [0, 0.05) is 18.2 Å². The smallest absolute Gasteiger partial charge is 0.224 e. The molecule has 0 aliphatic carbocycles. The van der Waals surface area contributed by atoms with Crippen molar-refractivity contribution in [3.8, 4) is 0 Å². The molecule has 1 aromatic rings. The van der Waals surface area contributed by atoms with Gasteiger partial charge >= 0.3 is 0 Å². The van der Waals surface area contributed by atoms with E-state index in [1.807, 2.05) is 45.0 Å². The summed E-state index contributed by atoms with van der Waals surface area (Å²) in [5.74, 6) is -0.000715. The van der Waals surface area contributed by atoms with E-state index < -0.39 is 0 Å². The summed E-state index contributed by atoms with van der Waals surface area (Å²) in [6.07, 6.45) is 1.34. The Morgan fingerprint density at radius 2 is 2.11 bits per heavy atom. The first-order valence-corrected chi connectivity index (χ1v) is 6.73. The second kappa shape index (κ2) is 7.92. The molecule has 0 saturated heterocycles. The van der Waals surface area contributed by atoms with Gasteiger partial charge in [0.1, 0.15) is 0 Å². The van der Waals surface area contributed by atoms with Gasteiger partial charge in [-0.15, -0.1) is 0 Å². The Morgan fingerprint density at radius 3 is 2.74 bits per heavy atom. The minimum Gasteiger partial charge on any atom is -0.374 e. The van der Waals surface area contributed by atoms with Crippen molar-refractivity contribution in [3.63, 3.8) is 0 Å². The van der Waals surface area contributed by atoms with Crippen molar-refractivity contribution < 1.29 is 9.53 Å². The third-order valence-electron chi connectivity index (χ3n) is 2.62. The van der Waals surface area contributed by atoms with Gasteiger partial charge < -0.3 is 15.8 Å². The Morgan fingerprint density at radius 1 is 1.37 bits per heavy atom. The Bertz CT molecular complexity index is 403. The molecule has 0 saturated carbocycles. The zero-order valence-electron chi connectivity index (χ0n) is 12.0. The molecule has 0 aromatic heterocycles. The molecular weight excluding hydrogens is 240 g/mol. The Hall–Kier alpha value is -1.39. The van der Waals surface area contributed by atoms with Gasteiger partial charge in [-0.2, -0.15) is 0 Å². The van der Waals surface area contributed by atoms with Crippen molar-refractivity contribution >= 4 is 11.6 Å². The van der Waals surface area contributed by atoms with Crippen LogP contribution in [0.1, 0.15) is 39.2 Å². The van der Waals surface area contributed by atoms with Gasteiger partial charge in [0.2, 0.25) is 5.91 Å². The summed E-state index contributed by atoms with van der Waals surface area (Å²) in [7, 11) is 0. The number of nitrogens with one attached hydrogen (secondary N) is 1. The van der Waals surface area contributed by atoms with Crippen LogP contribution in [0.4, 0.5) is 5.69 Å². The number of carbonyl (C=O) groups excluding carboxylic acids is 1. The minimum atomic E-state index is -0.000715. The van der Waals surface area contributed by atoms with Crippen molar-refractivity contribution in [2.45, 2.75) is 52.4 Å².